The summed E-state index contributed by atoms with van der Waals surface area (Å²) in [6.07, 6.45) is 0. The van der Waals surface area contributed by atoms with Crippen LogP contribution in [0.5, 0.6) is 0 Å². The molecule has 2 nitrogen and oxygen atoms in total. The van der Waals surface area contributed by atoms with Crippen LogP contribution >= 0.6 is 11.6 Å². The van der Waals surface area contributed by atoms with E-state index in [4.69, 9.17) is 16.3 Å². The van der Waals surface area contributed by atoms with Gasteiger partial charge in [0.15, 0.2) is 0 Å². The molecule has 12 heavy (non-hydrogen) atoms. The molecule has 1 aliphatic heterocycles. The first-order valence-corrected chi connectivity index (χ1v) is 4.34. The summed E-state index contributed by atoms with van der Waals surface area (Å²) in [5.74, 6) is 0. The van der Waals surface area contributed by atoms with Crippen molar-refractivity contribution in [2.75, 3.05) is 18.5 Å². The third-order valence-corrected chi connectivity index (χ3v) is 2.12. The fourth-order valence-electron chi connectivity index (χ4n) is 1.29. The number of hydrogen-bond donors (Lipinski definition) is 1. The molecular formula is C9H10ClNO. The number of anilines is 1. The molecule has 0 saturated carbocycles. The van der Waals surface area contributed by atoms with Crippen molar-refractivity contribution in [2.45, 2.75) is 6.61 Å². The van der Waals surface area contributed by atoms with E-state index in [2.05, 4.69) is 5.32 Å². The highest BCUT2D eigenvalue weighted by Crippen LogP contribution is 2.22. The Balaban J connectivity index is 2.36. The van der Waals surface area contributed by atoms with Crippen molar-refractivity contribution < 1.29 is 4.74 Å². The third-order valence-electron chi connectivity index (χ3n) is 1.89. The maximum Gasteiger partial charge on any atom is 0.0738 e. The zero-order valence-corrected chi connectivity index (χ0v) is 7.40. The molecule has 0 radical (unpaired) electrons. The van der Waals surface area contributed by atoms with E-state index in [9.17, 15) is 0 Å². The highest BCUT2D eigenvalue weighted by molar-refractivity contribution is 6.30. The number of hydrogen-bond acceptors (Lipinski definition) is 2. The minimum Gasteiger partial charge on any atom is -0.382 e. The number of fused-ring (bicyclic) bond motifs is 1. The van der Waals surface area contributed by atoms with Gasteiger partial charge in [-0.3, -0.25) is 0 Å². The first-order chi connectivity index (χ1) is 5.86. The lowest BCUT2D eigenvalue weighted by atomic mass is 10.2. The van der Waals surface area contributed by atoms with Crippen molar-refractivity contribution in [1.29, 1.82) is 0 Å². The van der Waals surface area contributed by atoms with Crippen LogP contribution in [0.1, 0.15) is 5.56 Å². The average Bonchev–Trinajstić information content (AvgIpc) is 2.28. The van der Waals surface area contributed by atoms with E-state index in [1.807, 2.05) is 18.2 Å². The molecule has 3 heteroatoms. The summed E-state index contributed by atoms with van der Waals surface area (Å²) in [7, 11) is 0. The van der Waals surface area contributed by atoms with Crippen molar-refractivity contribution in [3.63, 3.8) is 0 Å². The van der Waals surface area contributed by atoms with Gasteiger partial charge in [-0.05, 0) is 18.2 Å². The van der Waals surface area contributed by atoms with Gasteiger partial charge in [0.05, 0.1) is 13.2 Å². The summed E-state index contributed by atoms with van der Waals surface area (Å²) in [5.41, 5.74) is 2.27. The van der Waals surface area contributed by atoms with Gasteiger partial charge in [-0.25, -0.2) is 0 Å². The van der Waals surface area contributed by atoms with Gasteiger partial charge in [-0.15, -0.1) is 0 Å². The predicted octanol–water partition coefficient (Wildman–Crippen LogP) is 2.28. The van der Waals surface area contributed by atoms with E-state index in [0.29, 0.717) is 6.61 Å². The Hall–Kier alpha value is -0.730. The first kappa shape index (κ1) is 7.90. The quantitative estimate of drug-likeness (QED) is 0.667. The molecule has 0 aromatic heterocycles. The molecule has 0 spiro atoms. The molecule has 0 amide bonds. The lowest BCUT2D eigenvalue weighted by Crippen LogP contribution is -2.04. The summed E-state index contributed by atoms with van der Waals surface area (Å²) in [5, 5.41) is 4.03. The molecule has 0 unspecified atom stereocenters. The molecule has 0 saturated heterocycles. The molecule has 0 bridgehead atoms. The summed E-state index contributed by atoms with van der Waals surface area (Å²) < 4.78 is 5.35. The first-order valence-electron chi connectivity index (χ1n) is 3.96. The Labute approximate surface area is 76.5 Å². The molecule has 2 rings (SSSR count). The lowest BCUT2D eigenvalue weighted by molar-refractivity contribution is 0.135. The van der Waals surface area contributed by atoms with Gasteiger partial charge < -0.3 is 10.1 Å². The fourth-order valence-corrected chi connectivity index (χ4v) is 1.49. The van der Waals surface area contributed by atoms with Crippen molar-refractivity contribution >= 4 is 17.3 Å². The Kier molecular flexibility index (Phi) is 2.19. The van der Waals surface area contributed by atoms with Gasteiger partial charge in [-0.1, -0.05) is 11.6 Å². The number of benzene rings is 1. The van der Waals surface area contributed by atoms with Crippen LogP contribution in [0.2, 0.25) is 5.02 Å². The Bertz CT molecular complexity index is 288. The Morgan fingerprint density at radius 1 is 1.42 bits per heavy atom. The van der Waals surface area contributed by atoms with Gasteiger partial charge >= 0.3 is 0 Å². The van der Waals surface area contributed by atoms with E-state index < -0.39 is 0 Å². The number of halogens is 1. The van der Waals surface area contributed by atoms with E-state index in [0.717, 1.165) is 29.4 Å². The molecule has 0 atom stereocenters. The number of nitrogens with one attached hydrogen (secondary N) is 1. The van der Waals surface area contributed by atoms with E-state index in [1.54, 1.807) is 0 Å². The number of rotatable bonds is 0. The van der Waals surface area contributed by atoms with Crippen LogP contribution in [-0.4, -0.2) is 13.2 Å². The average molecular weight is 184 g/mol. The minimum absolute atomic E-state index is 0.656. The molecule has 1 heterocycles. The van der Waals surface area contributed by atoms with Gasteiger partial charge in [0, 0.05) is 22.8 Å². The Morgan fingerprint density at radius 2 is 2.33 bits per heavy atom. The lowest BCUT2D eigenvalue weighted by Gasteiger charge is -2.05. The van der Waals surface area contributed by atoms with Crippen LogP contribution in [0.15, 0.2) is 18.2 Å². The molecule has 1 N–H and O–H groups in total. The second-order valence-electron chi connectivity index (χ2n) is 2.78. The van der Waals surface area contributed by atoms with Gasteiger partial charge in [-0.2, -0.15) is 0 Å². The number of ether oxygens (including phenoxy) is 1. The van der Waals surface area contributed by atoms with Gasteiger partial charge in [0.25, 0.3) is 0 Å². The molecule has 0 fully saturated rings. The van der Waals surface area contributed by atoms with Gasteiger partial charge in [0.2, 0.25) is 0 Å². The SMILES string of the molecule is Clc1ccc2c(c1)COCCN2. The van der Waals surface area contributed by atoms with Gasteiger partial charge in [0.1, 0.15) is 0 Å². The van der Waals surface area contributed by atoms with E-state index in [-0.39, 0.29) is 0 Å². The molecule has 0 aliphatic carbocycles. The second-order valence-corrected chi connectivity index (χ2v) is 3.22. The molecule has 1 aromatic rings. The summed E-state index contributed by atoms with van der Waals surface area (Å²) in [6, 6.07) is 5.82. The largest absolute Gasteiger partial charge is 0.382 e. The standard InChI is InChI=1S/C9H10ClNO/c10-8-1-2-9-7(5-8)6-12-4-3-11-9/h1-2,5,11H,3-4,6H2. The van der Waals surface area contributed by atoms with Crippen molar-refractivity contribution in [3.05, 3.63) is 28.8 Å². The van der Waals surface area contributed by atoms with Crippen molar-refractivity contribution in [3.8, 4) is 0 Å². The summed E-state index contributed by atoms with van der Waals surface area (Å²) >= 11 is 5.85. The smallest absolute Gasteiger partial charge is 0.0738 e. The third kappa shape index (κ3) is 1.54. The maximum atomic E-state index is 5.85. The van der Waals surface area contributed by atoms with E-state index >= 15 is 0 Å². The summed E-state index contributed by atoms with van der Waals surface area (Å²) in [6.45, 7) is 2.28. The topological polar surface area (TPSA) is 21.3 Å². The van der Waals surface area contributed by atoms with Crippen LogP contribution in [-0.2, 0) is 11.3 Å². The zero-order chi connectivity index (χ0) is 8.39. The van der Waals surface area contributed by atoms with Crippen LogP contribution in [0, 0.1) is 0 Å². The molecular weight excluding hydrogens is 174 g/mol. The molecule has 64 valence electrons. The minimum atomic E-state index is 0.656. The highest BCUT2D eigenvalue weighted by Gasteiger charge is 2.06. The maximum absolute atomic E-state index is 5.85. The zero-order valence-electron chi connectivity index (χ0n) is 6.64. The second kappa shape index (κ2) is 3.33. The summed E-state index contributed by atoms with van der Waals surface area (Å²) in [4.78, 5) is 0. The predicted molar refractivity (Wildman–Crippen MR) is 49.6 cm³/mol. The van der Waals surface area contributed by atoms with E-state index in [1.165, 1.54) is 0 Å². The monoisotopic (exact) mass is 183 g/mol. The van der Waals surface area contributed by atoms with Crippen LogP contribution in [0.25, 0.3) is 0 Å². The van der Waals surface area contributed by atoms with Crippen LogP contribution in [0.3, 0.4) is 0 Å². The molecule has 1 aliphatic rings. The normalized spacial score (nSPS) is 16.1. The Morgan fingerprint density at radius 3 is 3.25 bits per heavy atom. The van der Waals surface area contributed by atoms with Crippen molar-refractivity contribution in [2.24, 2.45) is 0 Å². The van der Waals surface area contributed by atoms with Crippen molar-refractivity contribution in [1.82, 2.24) is 0 Å². The molecule has 1 aromatic carbocycles. The van der Waals surface area contributed by atoms with Crippen LogP contribution in [0.4, 0.5) is 5.69 Å². The fraction of sp³-hybridized carbons (Fsp3) is 0.333. The highest BCUT2D eigenvalue weighted by atomic mass is 35.5. The van der Waals surface area contributed by atoms with Crippen LogP contribution < -0.4 is 5.32 Å².